The van der Waals surface area contributed by atoms with Gasteiger partial charge >= 0.3 is 0 Å². The number of hydrogen-bond donors (Lipinski definition) is 2. The Morgan fingerprint density at radius 1 is 1.09 bits per heavy atom. The molecule has 2 N–H and O–H groups in total. The Hall–Kier alpha value is -1.49. The first-order chi connectivity index (χ1) is 10.8. The number of amides is 1. The average molecular weight is 349 g/mol. The molecule has 2 aromatic rings. The molecule has 0 aromatic heterocycles. The molecule has 1 unspecified atom stereocenters. The highest BCUT2D eigenvalue weighted by atomic mass is 35.5. The number of halogens is 1. The molecular formula is C18H21ClN2OS. The van der Waals surface area contributed by atoms with E-state index in [1.54, 1.807) is 11.8 Å². The van der Waals surface area contributed by atoms with E-state index in [4.69, 9.17) is 0 Å². The van der Waals surface area contributed by atoms with Crippen molar-refractivity contribution < 1.29 is 4.79 Å². The molecular weight excluding hydrogens is 328 g/mol. The van der Waals surface area contributed by atoms with Crippen LogP contribution in [-0.4, -0.2) is 25.0 Å². The number of hydrogen-bond acceptors (Lipinski definition) is 3. The van der Waals surface area contributed by atoms with E-state index in [1.807, 2.05) is 42.5 Å². The lowest BCUT2D eigenvalue weighted by Gasteiger charge is -2.24. The van der Waals surface area contributed by atoms with Crippen LogP contribution in [0.4, 0.5) is 0 Å². The van der Waals surface area contributed by atoms with Crippen molar-refractivity contribution in [3.8, 4) is 0 Å². The van der Waals surface area contributed by atoms with Gasteiger partial charge in [0.2, 0.25) is 0 Å². The fraction of sp³-hybridized carbons (Fsp3) is 0.278. The fourth-order valence-corrected chi connectivity index (χ4v) is 3.56. The van der Waals surface area contributed by atoms with E-state index in [0.29, 0.717) is 0 Å². The topological polar surface area (TPSA) is 41.1 Å². The van der Waals surface area contributed by atoms with Crippen molar-refractivity contribution in [2.45, 2.75) is 28.7 Å². The Kier molecular flexibility index (Phi) is 6.96. The van der Waals surface area contributed by atoms with Gasteiger partial charge in [0.25, 0.3) is 5.91 Å². The van der Waals surface area contributed by atoms with Gasteiger partial charge in [-0.1, -0.05) is 42.1 Å². The van der Waals surface area contributed by atoms with Gasteiger partial charge in [0.1, 0.15) is 0 Å². The van der Waals surface area contributed by atoms with E-state index in [0.717, 1.165) is 41.3 Å². The number of carbonyl (C=O) groups excluding carboxylic acids is 1. The average Bonchev–Trinajstić information content (AvgIpc) is 2.57. The molecule has 3 nitrogen and oxygen atoms in total. The van der Waals surface area contributed by atoms with Crippen LogP contribution in [0, 0.1) is 0 Å². The van der Waals surface area contributed by atoms with Gasteiger partial charge in [-0.2, -0.15) is 0 Å². The van der Waals surface area contributed by atoms with E-state index in [-0.39, 0.29) is 24.4 Å². The Morgan fingerprint density at radius 3 is 2.57 bits per heavy atom. The molecule has 2 aromatic carbocycles. The van der Waals surface area contributed by atoms with Crippen molar-refractivity contribution in [3.63, 3.8) is 0 Å². The third-order valence-corrected chi connectivity index (χ3v) is 4.82. The molecule has 1 atom stereocenters. The number of piperidine rings is 1. The Labute approximate surface area is 147 Å². The van der Waals surface area contributed by atoms with Crippen LogP contribution in [0.5, 0.6) is 0 Å². The van der Waals surface area contributed by atoms with Crippen LogP contribution in [0.2, 0.25) is 0 Å². The van der Waals surface area contributed by atoms with Crippen molar-refractivity contribution in [1.82, 2.24) is 10.6 Å². The molecule has 1 saturated heterocycles. The molecule has 5 heteroatoms. The maximum Gasteiger partial charge on any atom is 0.252 e. The zero-order valence-electron chi connectivity index (χ0n) is 12.8. The quantitative estimate of drug-likeness (QED) is 0.884. The van der Waals surface area contributed by atoms with Crippen molar-refractivity contribution in [2.24, 2.45) is 0 Å². The second-order valence-corrected chi connectivity index (χ2v) is 6.54. The van der Waals surface area contributed by atoms with Crippen LogP contribution in [-0.2, 0) is 0 Å². The number of carbonyl (C=O) groups is 1. The SMILES string of the molecule is Cl.O=C(NC1CCCNC1)c1ccccc1Sc1ccccc1. The van der Waals surface area contributed by atoms with Gasteiger partial charge in [-0.3, -0.25) is 4.79 Å². The molecule has 0 saturated carbocycles. The van der Waals surface area contributed by atoms with Crippen LogP contribution >= 0.6 is 24.2 Å². The monoisotopic (exact) mass is 348 g/mol. The smallest absolute Gasteiger partial charge is 0.252 e. The molecule has 1 fully saturated rings. The third-order valence-electron chi connectivity index (χ3n) is 3.73. The largest absolute Gasteiger partial charge is 0.348 e. The zero-order chi connectivity index (χ0) is 15.2. The lowest BCUT2D eigenvalue weighted by atomic mass is 10.1. The van der Waals surface area contributed by atoms with Crippen molar-refractivity contribution in [2.75, 3.05) is 13.1 Å². The summed E-state index contributed by atoms with van der Waals surface area (Å²) in [6, 6.07) is 18.2. The van der Waals surface area contributed by atoms with Crippen molar-refractivity contribution in [3.05, 3.63) is 60.2 Å². The number of nitrogens with one attached hydrogen (secondary N) is 2. The first-order valence-corrected chi connectivity index (χ1v) is 8.48. The number of rotatable bonds is 4. The first-order valence-electron chi connectivity index (χ1n) is 7.66. The van der Waals surface area contributed by atoms with E-state index in [2.05, 4.69) is 22.8 Å². The molecule has 0 spiro atoms. The minimum Gasteiger partial charge on any atom is -0.348 e. The van der Waals surface area contributed by atoms with E-state index < -0.39 is 0 Å². The van der Waals surface area contributed by atoms with Crippen LogP contribution in [0.25, 0.3) is 0 Å². The highest BCUT2D eigenvalue weighted by molar-refractivity contribution is 7.99. The summed E-state index contributed by atoms with van der Waals surface area (Å²) in [6.45, 7) is 1.91. The first kappa shape index (κ1) is 17.9. The second kappa shape index (κ2) is 8.96. The highest BCUT2D eigenvalue weighted by Crippen LogP contribution is 2.30. The lowest BCUT2D eigenvalue weighted by molar-refractivity contribution is 0.0927. The summed E-state index contributed by atoms with van der Waals surface area (Å²) >= 11 is 1.63. The van der Waals surface area contributed by atoms with Crippen LogP contribution in [0.1, 0.15) is 23.2 Å². The van der Waals surface area contributed by atoms with Gasteiger partial charge in [-0.25, -0.2) is 0 Å². The lowest BCUT2D eigenvalue weighted by Crippen LogP contribution is -2.45. The molecule has 0 bridgehead atoms. The summed E-state index contributed by atoms with van der Waals surface area (Å²) < 4.78 is 0. The fourth-order valence-electron chi connectivity index (χ4n) is 2.60. The molecule has 1 heterocycles. The van der Waals surface area contributed by atoms with Gasteiger partial charge in [-0.15, -0.1) is 12.4 Å². The van der Waals surface area contributed by atoms with Crippen molar-refractivity contribution >= 4 is 30.1 Å². The Balaban J connectivity index is 0.00000192. The van der Waals surface area contributed by atoms with E-state index in [1.165, 1.54) is 0 Å². The van der Waals surface area contributed by atoms with Gasteiger partial charge in [0.15, 0.2) is 0 Å². The summed E-state index contributed by atoms with van der Waals surface area (Å²) in [7, 11) is 0. The molecule has 122 valence electrons. The van der Waals surface area contributed by atoms with Gasteiger partial charge < -0.3 is 10.6 Å². The summed E-state index contributed by atoms with van der Waals surface area (Å²) in [5.41, 5.74) is 0.752. The van der Waals surface area contributed by atoms with Gasteiger partial charge in [-0.05, 0) is 43.7 Å². The third kappa shape index (κ3) is 4.99. The second-order valence-electron chi connectivity index (χ2n) is 5.43. The molecule has 0 aliphatic carbocycles. The predicted octanol–water partition coefficient (Wildman–Crippen LogP) is 3.74. The van der Waals surface area contributed by atoms with Crippen molar-refractivity contribution in [1.29, 1.82) is 0 Å². The molecule has 1 amide bonds. The van der Waals surface area contributed by atoms with Crippen LogP contribution in [0.15, 0.2) is 64.4 Å². The molecule has 3 rings (SSSR count). The summed E-state index contributed by atoms with van der Waals surface area (Å²) in [5, 5.41) is 6.47. The Bertz CT molecular complexity index is 630. The summed E-state index contributed by atoms with van der Waals surface area (Å²) in [4.78, 5) is 14.7. The van der Waals surface area contributed by atoms with Gasteiger partial charge in [0.05, 0.1) is 5.56 Å². The summed E-state index contributed by atoms with van der Waals surface area (Å²) in [6.07, 6.45) is 2.16. The maximum absolute atomic E-state index is 12.6. The predicted molar refractivity (Wildman–Crippen MR) is 97.6 cm³/mol. The maximum atomic E-state index is 12.6. The van der Waals surface area contributed by atoms with Crippen LogP contribution < -0.4 is 10.6 Å². The van der Waals surface area contributed by atoms with Crippen LogP contribution in [0.3, 0.4) is 0 Å². The standard InChI is InChI=1S/C18H20N2OS.ClH/c21-18(20-14-7-6-12-19-13-14)16-10-4-5-11-17(16)22-15-8-2-1-3-9-15;/h1-5,8-11,14,19H,6-7,12-13H2,(H,20,21);1H. The van der Waals surface area contributed by atoms with E-state index in [9.17, 15) is 4.79 Å². The zero-order valence-corrected chi connectivity index (χ0v) is 14.5. The number of benzene rings is 2. The van der Waals surface area contributed by atoms with Gasteiger partial charge in [0, 0.05) is 22.4 Å². The summed E-state index contributed by atoms with van der Waals surface area (Å²) in [5.74, 6) is 0.0210. The normalized spacial score (nSPS) is 17.1. The molecule has 1 aliphatic heterocycles. The Morgan fingerprint density at radius 2 is 1.83 bits per heavy atom. The minimum atomic E-state index is 0. The molecule has 1 aliphatic rings. The molecule has 23 heavy (non-hydrogen) atoms. The van der Waals surface area contributed by atoms with E-state index >= 15 is 0 Å². The highest BCUT2D eigenvalue weighted by Gasteiger charge is 2.18. The molecule has 0 radical (unpaired) electrons. The minimum absolute atomic E-state index is 0.